The molecule has 0 bridgehead atoms. The van der Waals surface area contributed by atoms with Crippen LogP contribution in [0.1, 0.15) is 17.4 Å². The summed E-state index contributed by atoms with van der Waals surface area (Å²) in [7, 11) is 2.95. The van der Waals surface area contributed by atoms with E-state index in [0.29, 0.717) is 11.5 Å². The molecule has 1 aromatic heterocycles. The minimum Gasteiger partial charge on any atom is -0.497 e. The van der Waals surface area contributed by atoms with E-state index in [1.54, 1.807) is 43.5 Å². The van der Waals surface area contributed by atoms with Crippen molar-refractivity contribution < 1.29 is 23.4 Å². The fraction of sp³-hybridized carbons (Fsp3) is 0.312. The van der Waals surface area contributed by atoms with Crippen LogP contribution >= 0.6 is 0 Å². The van der Waals surface area contributed by atoms with Gasteiger partial charge in [0.25, 0.3) is 0 Å². The summed E-state index contributed by atoms with van der Waals surface area (Å²) in [5.74, 6) is 1.68. The predicted octanol–water partition coefficient (Wildman–Crippen LogP) is 2.93. The minimum atomic E-state index is -0.592. The molecule has 1 unspecified atom stereocenters. The lowest BCUT2D eigenvalue weighted by molar-refractivity contribution is -0.143. The third-order valence-electron chi connectivity index (χ3n) is 3.07. The Hall–Kier alpha value is -2.43. The molecule has 1 aromatic carbocycles. The fourth-order valence-corrected chi connectivity index (χ4v) is 1.90. The molecule has 0 amide bonds. The van der Waals surface area contributed by atoms with Gasteiger partial charge in [-0.1, -0.05) is 0 Å². The van der Waals surface area contributed by atoms with Gasteiger partial charge in [0.1, 0.15) is 35.5 Å². The van der Waals surface area contributed by atoms with E-state index in [-0.39, 0.29) is 6.61 Å². The number of ether oxygens (including phenoxy) is 3. The Morgan fingerprint density at radius 1 is 1.10 bits per heavy atom. The van der Waals surface area contributed by atoms with Crippen molar-refractivity contribution in [1.29, 1.82) is 0 Å². The molecule has 112 valence electrons. The van der Waals surface area contributed by atoms with Gasteiger partial charge in [0.2, 0.25) is 0 Å². The molecule has 0 aliphatic carbocycles. The van der Waals surface area contributed by atoms with Crippen LogP contribution in [-0.4, -0.2) is 26.8 Å². The molecule has 0 fully saturated rings. The van der Waals surface area contributed by atoms with Gasteiger partial charge in [0.05, 0.1) is 14.2 Å². The molecule has 2 aromatic rings. The van der Waals surface area contributed by atoms with Crippen LogP contribution in [0, 0.1) is 6.92 Å². The number of rotatable bonds is 6. The molecule has 1 heterocycles. The van der Waals surface area contributed by atoms with E-state index in [1.807, 2.05) is 6.92 Å². The summed E-state index contributed by atoms with van der Waals surface area (Å²) < 4.78 is 21.0. The van der Waals surface area contributed by atoms with E-state index < -0.39 is 11.9 Å². The van der Waals surface area contributed by atoms with Crippen molar-refractivity contribution in [2.24, 2.45) is 0 Å². The van der Waals surface area contributed by atoms with Crippen molar-refractivity contribution >= 4 is 5.97 Å². The SMILES string of the molecule is COC(=O)C(COc1ccc(OC)cc1)c1ccc(C)o1. The quantitative estimate of drug-likeness (QED) is 0.766. The standard InChI is InChI=1S/C16H18O5/c1-11-4-9-15(21-11)14(16(17)19-3)10-20-13-7-5-12(18-2)6-8-13/h4-9,14H,10H2,1-3H3. The summed E-state index contributed by atoms with van der Waals surface area (Å²) in [4.78, 5) is 11.9. The maximum absolute atomic E-state index is 11.9. The van der Waals surface area contributed by atoms with Crippen LogP contribution in [0.25, 0.3) is 0 Å². The third-order valence-corrected chi connectivity index (χ3v) is 3.07. The van der Waals surface area contributed by atoms with Gasteiger partial charge in [-0.15, -0.1) is 0 Å². The van der Waals surface area contributed by atoms with E-state index in [9.17, 15) is 4.79 Å². The smallest absolute Gasteiger partial charge is 0.319 e. The van der Waals surface area contributed by atoms with Crippen molar-refractivity contribution in [3.05, 3.63) is 47.9 Å². The van der Waals surface area contributed by atoms with Crippen LogP contribution in [0.15, 0.2) is 40.8 Å². The molecule has 0 aliphatic rings. The molecule has 5 nitrogen and oxygen atoms in total. The van der Waals surface area contributed by atoms with Crippen LogP contribution in [0.5, 0.6) is 11.5 Å². The zero-order valence-corrected chi connectivity index (χ0v) is 12.3. The Morgan fingerprint density at radius 2 is 1.76 bits per heavy atom. The number of carbonyl (C=O) groups is 1. The number of benzene rings is 1. The van der Waals surface area contributed by atoms with Gasteiger partial charge in [-0.25, -0.2) is 0 Å². The summed E-state index contributed by atoms with van der Waals surface area (Å²) in [6, 6.07) is 10.7. The Bertz CT molecular complexity index is 585. The zero-order chi connectivity index (χ0) is 15.2. The highest BCUT2D eigenvalue weighted by Crippen LogP contribution is 2.23. The topological polar surface area (TPSA) is 57.9 Å². The molecular weight excluding hydrogens is 272 g/mol. The van der Waals surface area contributed by atoms with Gasteiger partial charge >= 0.3 is 5.97 Å². The first kappa shape index (κ1) is 15.0. The molecule has 2 rings (SSSR count). The molecular formula is C16H18O5. The number of aryl methyl sites for hydroxylation is 1. The average Bonchev–Trinajstić information content (AvgIpc) is 2.94. The molecule has 5 heteroatoms. The van der Waals surface area contributed by atoms with Gasteiger partial charge in [-0.2, -0.15) is 0 Å². The first-order chi connectivity index (χ1) is 10.1. The maximum atomic E-state index is 11.9. The first-order valence-electron chi connectivity index (χ1n) is 6.55. The Kier molecular flexibility index (Phi) is 4.87. The minimum absolute atomic E-state index is 0.145. The number of furan rings is 1. The fourth-order valence-electron chi connectivity index (χ4n) is 1.90. The third kappa shape index (κ3) is 3.78. The normalized spacial score (nSPS) is 11.8. The number of esters is 1. The van der Waals surface area contributed by atoms with Crippen molar-refractivity contribution in [3.8, 4) is 11.5 Å². The Morgan fingerprint density at radius 3 is 2.29 bits per heavy atom. The lowest BCUT2D eigenvalue weighted by Gasteiger charge is -2.14. The highest BCUT2D eigenvalue weighted by Gasteiger charge is 2.25. The molecule has 0 saturated heterocycles. The van der Waals surface area contributed by atoms with Crippen molar-refractivity contribution in [3.63, 3.8) is 0 Å². The number of methoxy groups -OCH3 is 2. The molecule has 0 aliphatic heterocycles. The van der Waals surface area contributed by atoms with E-state index in [1.165, 1.54) is 7.11 Å². The highest BCUT2D eigenvalue weighted by molar-refractivity contribution is 5.77. The van der Waals surface area contributed by atoms with E-state index in [4.69, 9.17) is 18.6 Å². The van der Waals surface area contributed by atoms with Gasteiger partial charge in [-0.3, -0.25) is 4.79 Å². The molecule has 0 N–H and O–H groups in total. The predicted molar refractivity (Wildman–Crippen MR) is 76.7 cm³/mol. The van der Waals surface area contributed by atoms with Gasteiger partial charge in [0.15, 0.2) is 0 Å². The first-order valence-corrected chi connectivity index (χ1v) is 6.55. The Balaban J connectivity index is 2.06. The van der Waals surface area contributed by atoms with Gasteiger partial charge < -0.3 is 18.6 Å². The second kappa shape index (κ2) is 6.83. The van der Waals surface area contributed by atoms with Gasteiger partial charge in [-0.05, 0) is 43.3 Å². The zero-order valence-electron chi connectivity index (χ0n) is 12.3. The van der Waals surface area contributed by atoms with E-state index in [2.05, 4.69) is 0 Å². The van der Waals surface area contributed by atoms with Crippen LogP contribution in [0.3, 0.4) is 0 Å². The average molecular weight is 290 g/mol. The highest BCUT2D eigenvalue weighted by atomic mass is 16.5. The summed E-state index contributed by atoms with van der Waals surface area (Å²) in [6.07, 6.45) is 0. The van der Waals surface area contributed by atoms with E-state index in [0.717, 1.165) is 11.5 Å². The van der Waals surface area contributed by atoms with Gasteiger partial charge in [0, 0.05) is 0 Å². The number of hydrogen-bond donors (Lipinski definition) is 0. The summed E-state index contributed by atoms with van der Waals surface area (Å²) >= 11 is 0. The maximum Gasteiger partial charge on any atom is 0.319 e. The molecule has 0 radical (unpaired) electrons. The number of hydrogen-bond acceptors (Lipinski definition) is 5. The molecule has 21 heavy (non-hydrogen) atoms. The molecule has 0 spiro atoms. The van der Waals surface area contributed by atoms with Crippen molar-refractivity contribution in [2.45, 2.75) is 12.8 Å². The van der Waals surface area contributed by atoms with Crippen LogP contribution < -0.4 is 9.47 Å². The lowest BCUT2D eigenvalue weighted by atomic mass is 10.1. The molecule has 1 atom stereocenters. The Labute approximate surface area is 123 Å². The van der Waals surface area contributed by atoms with E-state index >= 15 is 0 Å². The van der Waals surface area contributed by atoms with Crippen molar-refractivity contribution in [2.75, 3.05) is 20.8 Å². The lowest BCUT2D eigenvalue weighted by Crippen LogP contribution is -2.20. The molecule has 0 saturated carbocycles. The van der Waals surface area contributed by atoms with Crippen molar-refractivity contribution in [1.82, 2.24) is 0 Å². The second-order valence-electron chi connectivity index (χ2n) is 4.51. The van der Waals surface area contributed by atoms with Crippen LogP contribution in [0.4, 0.5) is 0 Å². The summed E-state index contributed by atoms with van der Waals surface area (Å²) in [6.45, 7) is 1.97. The number of carbonyl (C=O) groups excluding carboxylic acids is 1. The monoisotopic (exact) mass is 290 g/mol. The largest absolute Gasteiger partial charge is 0.497 e. The van der Waals surface area contributed by atoms with Crippen LogP contribution in [0.2, 0.25) is 0 Å². The second-order valence-corrected chi connectivity index (χ2v) is 4.51. The summed E-state index contributed by atoms with van der Waals surface area (Å²) in [5.41, 5.74) is 0. The van der Waals surface area contributed by atoms with Crippen LogP contribution in [-0.2, 0) is 9.53 Å². The summed E-state index contributed by atoms with van der Waals surface area (Å²) in [5, 5.41) is 0.